The molecule has 3 N–H and O–H groups in total. The zero-order valence-corrected chi connectivity index (χ0v) is 18.9. The molecule has 8 heteroatoms. The largest absolute Gasteiger partial charge is 0.478 e. The molecule has 35 heavy (non-hydrogen) atoms. The second-order valence-electron chi connectivity index (χ2n) is 8.09. The third-order valence-corrected chi connectivity index (χ3v) is 5.74. The Morgan fingerprint density at radius 2 is 1.80 bits per heavy atom. The maximum atomic E-state index is 15.0. The Morgan fingerprint density at radius 3 is 2.37 bits per heavy atom. The molecule has 3 aromatic heterocycles. The molecule has 0 aliphatic carbocycles. The highest BCUT2D eigenvalue weighted by Crippen LogP contribution is 2.35. The monoisotopic (exact) mass is 474 g/mol. The number of benzene rings is 1. The Morgan fingerprint density at radius 1 is 1.06 bits per heavy atom. The lowest BCUT2D eigenvalue weighted by molar-refractivity contribution is -0.111. The summed E-state index contributed by atoms with van der Waals surface area (Å²) >= 11 is 0. The molecule has 0 spiro atoms. The van der Waals surface area contributed by atoms with Gasteiger partial charge < -0.3 is 15.4 Å². The Hall–Kier alpha value is -4.33. The maximum Gasteiger partial charge on any atom is 0.335 e. The third kappa shape index (κ3) is 4.68. The summed E-state index contributed by atoms with van der Waals surface area (Å²) in [5, 5.41) is 9.19. The van der Waals surface area contributed by atoms with Gasteiger partial charge in [0, 0.05) is 46.6 Å². The van der Waals surface area contributed by atoms with Gasteiger partial charge in [0.15, 0.2) is 5.78 Å². The molecule has 0 aliphatic heterocycles. The summed E-state index contributed by atoms with van der Waals surface area (Å²) in [4.78, 5) is 32.5. The fourth-order valence-corrected chi connectivity index (χ4v) is 4.12. The number of aromatic carboxylic acids is 1. The van der Waals surface area contributed by atoms with Crippen molar-refractivity contribution in [3.05, 3.63) is 89.4 Å². The van der Waals surface area contributed by atoms with Crippen molar-refractivity contribution < 1.29 is 19.1 Å². The van der Waals surface area contributed by atoms with Crippen LogP contribution in [0.25, 0.3) is 27.7 Å². The van der Waals surface area contributed by atoms with Gasteiger partial charge in [-0.3, -0.25) is 14.8 Å². The number of pyridine rings is 2. The van der Waals surface area contributed by atoms with Gasteiger partial charge in [0.1, 0.15) is 5.82 Å². The molecule has 0 fully saturated rings. The van der Waals surface area contributed by atoms with E-state index < -0.39 is 11.8 Å². The summed E-state index contributed by atoms with van der Waals surface area (Å²) in [5.41, 5.74) is 9.80. The lowest BCUT2D eigenvalue weighted by atomic mass is 10.0. The Bertz CT molecular complexity index is 1450. The molecule has 1 atom stereocenters. The molecule has 0 bridgehead atoms. The molecule has 0 saturated heterocycles. The van der Waals surface area contributed by atoms with Gasteiger partial charge in [-0.2, -0.15) is 0 Å². The van der Waals surface area contributed by atoms with E-state index in [-0.39, 0.29) is 30.4 Å². The van der Waals surface area contributed by atoms with Crippen molar-refractivity contribution >= 4 is 28.4 Å². The molecule has 3 heterocycles. The number of allylic oxidation sites excluding steroid dienone is 2. The second-order valence-corrected chi connectivity index (χ2v) is 8.09. The zero-order chi connectivity index (χ0) is 24.6. The lowest BCUT2D eigenvalue weighted by Gasteiger charge is -2.15. The van der Waals surface area contributed by atoms with Gasteiger partial charge in [-0.1, -0.05) is 19.6 Å². The fraction of sp³-hybridized carbons (Fsp3) is 0.185. The number of rotatable bonds is 6. The van der Waals surface area contributed by atoms with Gasteiger partial charge >= 0.3 is 5.97 Å². The standard InChI is InChI=1S/C26H23FN4O3.CH4/c1-14(28)24(16(3)32)18-11-23-25(30-12-18)20(19-8-7-17(26(33)34)10-21(19)27)13-31(23)15(2)22-6-4-5-9-29-22;/h4-13,15H,28H2,1-3H3,(H,33,34);1H4/t15-;/m0./s1. The first-order valence-corrected chi connectivity index (χ1v) is 10.6. The summed E-state index contributed by atoms with van der Waals surface area (Å²) in [6.45, 7) is 5.05. The first-order valence-electron chi connectivity index (χ1n) is 10.6. The minimum absolute atomic E-state index is 0. The number of carbonyl (C=O) groups is 2. The Kier molecular flexibility index (Phi) is 7.14. The predicted molar refractivity (Wildman–Crippen MR) is 134 cm³/mol. The molecule has 0 amide bonds. The van der Waals surface area contributed by atoms with E-state index in [0.29, 0.717) is 33.4 Å². The van der Waals surface area contributed by atoms with Crippen LogP contribution in [0.3, 0.4) is 0 Å². The van der Waals surface area contributed by atoms with E-state index in [2.05, 4.69) is 9.97 Å². The van der Waals surface area contributed by atoms with Crippen LogP contribution in [-0.2, 0) is 4.79 Å². The number of nitrogens with two attached hydrogens (primary N) is 1. The highest BCUT2D eigenvalue weighted by atomic mass is 19.1. The molecule has 1 aromatic carbocycles. The van der Waals surface area contributed by atoms with E-state index in [1.807, 2.05) is 35.8 Å². The molecule has 7 nitrogen and oxygen atoms in total. The number of fused-ring (bicyclic) bond motifs is 1. The first-order chi connectivity index (χ1) is 16.2. The summed E-state index contributed by atoms with van der Waals surface area (Å²) in [5.74, 6) is -2.06. The number of carbonyl (C=O) groups excluding carboxylic acids is 1. The lowest BCUT2D eigenvalue weighted by Crippen LogP contribution is -2.08. The predicted octanol–water partition coefficient (Wildman–Crippen LogP) is 5.46. The van der Waals surface area contributed by atoms with Gasteiger partial charge in [0.05, 0.1) is 28.3 Å². The van der Waals surface area contributed by atoms with Crippen LogP contribution >= 0.6 is 0 Å². The highest BCUT2D eigenvalue weighted by molar-refractivity contribution is 6.20. The number of aromatic nitrogens is 3. The van der Waals surface area contributed by atoms with Crippen LogP contribution in [0.4, 0.5) is 4.39 Å². The van der Waals surface area contributed by atoms with Crippen LogP contribution in [-0.4, -0.2) is 31.4 Å². The summed E-state index contributed by atoms with van der Waals surface area (Å²) in [7, 11) is 0. The van der Waals surface area contributed by atoms with E-state index in [4.69, 9.17) is 5.73 Å². The van der Waals surface area contributed by atoms with Crippen molar-refractivity contribution in [1.29, 1.82) is 0 Å². The number of Topliss-reactive ketones (excluding diaryl/α,β-unsaturated/α-hetero) is 1. The van der Waals surface area contributed by atoms with Crippen LogP contribution < -0.4 is 5.73 Å². The topological polar surface area (TPSA) is 111 Å². The molecule has 0 saturated carbocycles. The Labute approximate surface area is 202 Å². The summed E-state index contributed by atoms with van der Waals surface area (Å²) in [6, 6.07) is 10.9. The molecule has 4 rings (SSSR count). The van der Waals surface area contributed by atoms with Crippen molar-refractivity contribution in [2.75, 3.05) is 0 Å². The first kappa shape index (κ1) is 25.3. The quantitative estimate of drug-likeness (QED) is 0.359. The third-order valence-electron chi connectivity index (χ3n) is 5.74. The number of ketones is 1. The van der Waals surface area contributed by atoms with E-state index in [0.717, 1.165) is 11.8 Å². The van der Waals surface area contributed by atoms with Crippen molar-refractivity contribution in [2.45, 2.75) is 34.2 Å². The zero-order valence-electron chi connectivity index (χ0n) is 18.9. The van der Waals surface area contributed by atoms with Crippen molar-refractivity contribution in [3.63, 3.8) is 0 Å². The number of carboxylic acid groups (broad SMARTS) is 1. The number of carboxylic acids is 1. The minimum Gasteiger partial charge on any atom is -0.478 e. The molecule has 180 valence electrons. The molecule has 0 aliphatic rings. The number of nitrogens with zero attached hydrogens (tertiary/aromatic N) is 3. The molecule has 0 unspecified atom stereocenters. The van der Waals surface area contributed by atoms with E-state index >= 15 is 0 Å². The van der Waals surface area contributed by atoms with E-state index in [1.54, 1.807) is 19.3 Å². The van der Waals surface area contributed by atoms with Crippen LogP contribution in [0.15, 0.2) is 66.8 Å². The van der Waals surface area contributed by atoms with Crippen molar-refractivity contribution in [1.82, 2.24) is 14.5 Å². The fourth-order valence-electron chi connectivity index (χ4n) is 4.12. The van der Waals surface area contributed by atoms with Crippen LogP contribution in [0.5, 0.6) is 0 Å². The second kappa shape index (κ2) is 9.89. The van der Waals surface area contributed by atoms with E-state index in [9.17, 15) is 19.1 Å². The van der Waals surface area contributed by atoms with Gasteiger partial charge in [-0.05, 0) is 51.1 Å². The Balaban J connectivity index is 0.00000342. The van der Waals surface area contributed by atoms with Crippen molar-refractivity contribution in [2.24, 2.45) is 5.73 Å². The van der Waals surface area contributed by atoms with Crippen LogP contribution in [0, 0.1) is 5.82 Å². The molecular formula is C27H27FN4O3. The molecule has 0 radical (unpaired) electrons. The number of halogens is 1. The van der Waals surface area contributed by atoms with Gasteiger partial charge in [0.2, 0.25) is 0 Å². The number of hydrogen-bond donors (Lipinski definition) is 2. The smallest absolute Gasteiger partial charge is 0.335 e. The normalized spacial score (nSPS) is 12.6. The molecular weight excluding hydrogens is 447 g/mol. The van der Waals surface area contributed by atoms with Gasteiger partial charge in [-0.25, -0.2) is 9.18 Å². The summed E-state index contributed by atoms with van der Waals surface area (Å²) < 4.78 is 16.9. The van der Waals surface area contributed by atoms with Gasteiger partial charge in [0.25, 0.3) is 0 Å². The number of hydrogen-bond acceptors (Lipinski definition) is 5. The SMILES string of the molecule is C.CC(=O)C(=C(C)N)c1cnc2c(-c3ccc(C(=O)O)cc3F)cn([C@@H](C)c3ccccn3)c2c1. The maximum absolute atomic E-state index is 15.0. The van der Waals surface area contributed by atoms with Crippen LogP contribution in [0.2, 0.25) is 0 Å². The van der Waals surface area contributed by atoms with E-state index in [1.165, 1.54) is 25.3 Å². The average molecular weight is 475 g/mol. The van der Waals surface area contributed by atoms with Crippen molar-refractivity contribution in [3.8, 4) is 11.1 Å². The highest BCUT2D eigenvalue weighted by Gasteiger charge is 2.22. The molecule has 4 aromatic rings. The average Bonchev–Trinajstić information content (AvgIpc) is 3.17. The van der Waals surface area contributed by atoms with Gasteiger partial charge in [-0.15, -0.1) is 0 Å². The minimum atomic E-state index is -1.21. The summed E-state index contributed by atoms with van der Waals surface area (Å²) in [6.07, 6.45) is 5.01. The van der Waals surface area contributed by atoms with Crippen LogP contribution in [0.1, 0.15) is 55.9 Å².